The first-order valence-corrected chi connectivity index (χ1v) is 14.0. The summed E-state index contributed by atoms with van der Waals surface area (Å²) in [6.45, 7) is 0.268. The van der Waals surface area contributed by atoms with Gasteiger partial charge in [0.05, 0.1) is 12.7 Å². The number of anilines is 1. The van der Waals surface area contributed by atoms with E-state index in [0.29, 0.717) is 19.3 Å². The Balaban J connectivity index is 1.67. The third-order valence-corrected chi connectivity index (χ3v) is 10.1. The van der Waals surface area contributed by atoms with E-state index in [1.165, 1.54) is 0 Å². The normalized spacial score (nSPS) is 29.5. The molecule has 37 heavy (non-hydrogen) atoms. The van der Waals surface area contributed by atoms with Crippen LogP contribution in [0.25, 0.3) is 11.2 Å². The lowest BCUT2D eigenvalue weighted by atomic mass is 10.1. The SMILES string of the molecule is Nc1ncnc2c1ncn2[C@@H]1O[C@H](CC(F)(F)P(=O)(O)C(F)(F)P(=O)(O)O)[C@@H](F)[C@H]1OC1CCCCO1. The van der Waals surface area contributed by atoms with Gasteiger partial charge in [-0.3, -0.25) is 13.7 Å². The highest BCUT2D eigenvalue weighted by Crippen LogP contribution is 2.79. The summed E-state index contributed by atoms with van der Waals surface area (Å²) < 4.78 is 113. The van der Waals surface area contributed by atoms with E-state index in [0.717, 1.165) is 17.2 Å². The monoisotopic (exact) mass is 581 g/mol. The molecule has 0 aromatic carbocycles. The third kappa shape index (κ3) is 4.89. The van der Waals surface area contributed by atoms with E-state index in [9.17, 15) is 31.6 Å². The fraction of sp³-hybridized carbons (Fsp3) is 0.706. The molecule has 5 N–H and O–H groups in total. The fourth-order valence-corrected chi connectivity index (χ4v) is 6.69. The van der Waals surface area contributed by atoms with Gasteiger partial charge in [-0.15, -0.1) is 0 Å². The molecule has 0 bridgehead atoms. The van der Waals surface area contributed by atoms with E-state index in [2.05, 4.69) is 15.0 Å². The maximum atomic E-state index is 15.5. The lowest BCUT2D eigenvalue weighted by Gasteiger charge is -2.30. The molecular weight excluding hydrogens is 559 g/mol. The number of nitrogens with two attached hydrogens (primary N) is 1. The fourth-order valence-electron chi connectivity index (χ4n) is 4.02. The zero-order chi connectivity index (χ0) is 27.4. The number of imidazole rings is 1. The second-order valence-corrected chi connectivity index (χ2v) is 12.9. The number of alkyl halides is 5. The van der Waals surface area contributed by atoms with Gasteiger partial charge in [0.1, 0.15) is 24.1 Å². The molecule has 2 aromatic rings. The van der Waals surface area contributed by atoms with Crippen LogP contribution in [0.15, 0.2) is 12.7 Å². The zero-order valence-corrected chi connectivity index (χ0v) is 20.4. The summed E-state index contributed by atoms with van der Waals surface area (Å²) >= 11 is 0. The molecule has 4 rings (SSSR count). The molecule has 208 valence electrons. The second kappa shape index (κ2) is 9.75. The first-order chi connectivity index (χ1) is 17.1. The van der Waals surface area contributed by atoms with Gasteiger partial charge in [0.15, 0.2) is 30.2 Å². The number of aromatic nitrogens is 4. The largest absolute Gasteiger partial charge is 0.423 e. The van der Waals surface area contributed by atoms with Crippen molar-refractivity contribution in [1.29, 1.82) is 0 Å². The first-order valence-electron chi connectivity index (χ1n) is 10.7. The Morgan fingerprint density at radius 2 is 1.86 bits per heavy atom. The molecule has 0 amide bonds. The Hall–Kier alpha value is -1.78. The molecule has 2 fully saturated rings. The molecule has 13 nitrogen and oxygen atoms in total. The van der Waals surface area contributed by atoms with Gasteiger partial charge in [0, 0.05) is 6.61 Å². The quantitative estimate of drug-likeness (QED) is 0.264. The molecule has 0 saturated carbocycles. The Kier molecular flexibility index (Phi) is 7.44. The maximum Gasteiger partial charge on any atom is 0.423 e. The predicted molar refractivity (Wildman–Crippen MR) is 113 cm³/mol. The van der Waals surface area contributed by atoms with Gasteiger partial charge in [-0.25, -0.2) is 19.3 Å². The van der Waals surface area contributed by atoms with Gasteiger partial charge < -0.3 is 34.6 Å². The van der Waals surface area contributed by atoms with Gasteiger partial charge in [0.25, 0.3) is 0 Å². The molecule has 6 atom stereocenters. The van der Waals surface area contributed by atoms with Gasteiger partial charge in [-0.1, -0.05) is 0 Å². The van der Waals surface area contributed by atoms with Crippen molar-refractivity contribution in [2.24, 2.45) is 0 Å². The number of rotatable bonds is 8. The highest BCUT2D eigenvalue weighted by atomic mass is 31.2. The number of hydrogen-bond acceptors (Lipinski definition) is 9. The van der Waals surface area contributed by atoms with E-state index >= 15 is 4.39 Å². The molecule has 20 heteroatoms. The van der Waals surface area contributed by atoms with Crippen LogP contribution < -0.4 is 5.73 Å². The van der Waals surface area contributed by atoms with E-state index in [1.807, 2.05) is 0 Å². The summed E-state index contributed by atoms with van der Waals surface area (Å²) in [7, 11) is -14.1. The van der Waals surface area contributed by atoms with Crippen LogP contribution in [0.5, 0.6) is 0 Å². The summed E-state index contributed by atoms with van der Waals surface area (Å²) in [5, 5.41) is -6.01. The highest BCUT2D eigenvalue weighted by molar-refractivity contribution is 7.75. The third-order valence-electron chi connectivity index (χ3n) is 5.98. The summed E-state index contributed by atoms with van der Waals surface area (Å²) in [5.41, 5.74) is 0.378. The number of fused-ring (bicyclic) bond motifs is 1. The van der Waals surface area contributed by atoms with Crippen LogP contribution in [0, 0.1) is 0 Å². The number of ether oxygens (including phenoxy) is 3. The molecule has 2 aliphatic rings. The van der Waals surface area contributed by atoms with Gasteiger partial charge in [-0.05, 0) is 19.3 Å². The van der Waals surface area contributed by atoms with E-state index in [-0.39, 0.29) is 23.6 Å². The molecule has 2 aliphatic heterocycles. The van der Waals surface area contributed by atoms with Crippen molar-refractivity contribution in [2.75, 3.05) is 12.3 Å². The smallest absolute Gasteiger partial charge is 0.382 e. The molecule has 2 unspecified atom stereocenters. The summed E-state index contributed by atoms with van der Waals surface area (Å²) in [6, 6.07) is 0. The molecule has 0 aliphatic carbocycles. The van der Waals surface area contributed by atoms with Crippen molar-refractivity contribution < 1.29 is 60.0 Å². The maximum absolute atomic E-state index is 15.5. The minimum absolute atomic E-state index is 0.0175. The van der Waals surface area contributed by atoms with Crippen LogP contribution >= 0.6 is 15.0 Å². The molecule has 4 heterocycles. The first kappa shape index (κ1) is 28.2. The van der Waals surface area contributed by atoms with Crippen LogP contribution in [-0.2, 0) is 23.3 Å². The van der Waals surface area contributed by atoms with Crippen molar-refractivity contribution in [3.8, 4) is 0 Å². The Morgan fingerprint density at radius 3 is 2.49 bits per heavy atom. The van der Waals surface area contributed by atoms with Crippen LogP contribution in [0.4, 0.5) is 27.8 Å². The van der Waals surface area contributed by atoms with Gasteiger partial charge in [-0.2, -0.15) is 17.6 Å². The molecule has 2 aromatic heterocycles. The van der Waals surface area contributed by atoms with E-state index < -0.39 is 63.4 Å². The number of halogens is 5. The standard InChI is InChI=1S/C17H22F5N5O8P2/c18-10-8(5-16(19,20)36(28,29)17(21,22)37(30,31)32)34-15(12(10)35-9-3-1-2-4-33-9)27-7-26-11-13(23)24-6-25-14(11)27/h6-10,12,15H,1-5H2,(H,28,29)(H2,23,24,25)(H2,30,31,32)/t8-,9?,10-,12-,15-/m1/s1. The van der Waals surface area contributed by atoms with Crippen molar-refractivity contribution in [3.63, 3.8) is 0 Å². The van der Waals surface area contributed by atoms with E-state index in [1.54, 1.807) is 0 Å². The Bertz CT molecular complexity index is 1240. The van der Waals surface area contributed by atoms with Gasteiger partial charge in [0.2, 0.25) is 0 Å². The Morgan fingerprint density at radius 1 is 1.16 bits per heavy atom. The lowest BCUT2D eigenvalue weighted by molar-refractivity contribution is -0.210. The highest BCUT2D eigenvalue weighted by Gasteiger charge is 2.74. The predicted octanol–water partition coefficient (Wildman–Crippen LogP) is 2.54. The summed E-state index contributed by atoms with van der Waals surface area (Å²) in [6.07, 6.45) is -7.48. The van der Waals surface area contributed by atoms with Crippen molar-refractivity contribution >= 4 is 31.9 Å². The van der Waals surface area contributed by atoms with Crippen LogP contribution in [-0.4, -0.2) is 76.5 Å². The zero-order valence-electron chi connectivity index (χ0n) is 18.6. The number of hydrogen-bond donors (Lipinski definition) is 4. The van der Waals surface area contributed by atoms with Crippen LogP contribution in [0.2, 0.25) is 0 Å². The summed E-state index contributed by atoms with van der Waals surface area (Å²) in [5.74, 6) is -0.0735. The summed E-state index contributed by atoms with van der Waals surface area (Å²) in [4.78, 5) is 38.5. The Labute approximate surface area is 204 Å². The minimum Gasteiger partial charge on any atom is -0.382 e. The van der Waals surface area contributed by atoms with E-state index in [4.69, 9.17) is 29.7 Å². The van der Waals surface area contributed by atoms with Gasteiger partial charge >= 0.3 is 26.0 Å². The topological polar surface area (TPSA) is 192 Å². The van der Waals surface area contributed by atoms with Crippen molar-refractivity contribution in [1.82, 2.24) is 19.5 Å². The van der Waals surface area contributed by atoms with Crippen LogP contribution in [0.3, 0.4) is 0 Å². The molecule has 2 saturated heterocycles. The van der Waals surface area contributed by atoms with Crippen molar-refractivity contribution in [3.05, 3.63) is 12.7 Å². The minimum atomic E-state index is -7.28. The average molecular weight is 581 g/mol. The number of nitrogens with zero attached hydrogens (tertiary/aromatic N) is 4. The molecule has 0 radical (unpaired) electrons. The average Bonchev–Trinajstić information content (AvgIpc) is 3.36. The molecule has 0 spiro atoms. The van der Waals surface area contributed by atoms with Crippen molar-refractivity contribution in [2.45, 2.75) is 67.6 Å². The lowest BCUT2D eigenvalue weighted by Crippen LogP contribution is -2.39. The molecular formula is C17H22F5N5O8P2. The number of nitrogen functional groups attached to an aromatic ring is 1. The van der Waals surface area contributed by atoms with Crippen LogP contribution in [0.1, 0.15) is 31.9 Å². The second-order valence-electron chi connectivity index (χ2n) is 8.49.